The molecule has 1 aliphatic heterocycles. The second kappa shape index (κ2) is 3.51. The molecular formula is C10H11BrO3. The van der Waals surface area contributed by atoms with Gasteiger partial charge in [-0.25, -0.2) is 0 Å². The number of carbonyl (C=O) groups excluding carboxylic acids is 1. The lowest BCUT2D eigenvalue weighted by molar-refractivity contribution is 0.0190. The van der Waals surface area contributed by atoms with Gasteiger partial charge in [0.1, 0.15) is 5.60 Å². The minimum atomic E-state index is -0.683. The third-order valence-corrected chi connectivity index (χ3v) is 2.92. The first-order valence-electron chi connectivity index (χ1n) is 4.56. The lowest BCUT2D eigenvalue weighted by Gasteiger charge is -2.19. The maximum absolute atomic E-state index is 11.9. The summed E-state index contributed by atoms with van der Waals surface area (Å²) in [5, 5.41) is 0. The van der Waals surface area contributed by atoms with E-state index in [0.29, 0.717) is 17.0 Å². The van der Waals surface area contributed by atoms with Crippen LogP contribution in [0.4, 0.5) is 0 Å². The van der Waals surface area contributed by atoms with E-state index in [2.05, 4.69) is 15.9 Å². The Kier molecular flexibility index (Phi) is 2.49. The van der Waals surface area contributed by atoms with Crippen LogP contribution in [0.3, 0.4) is 0 Å². The van der Waals surface area contributed by atoms with Gasteiger partial charge >= 0.3 is 0 Å². The largest absolute Gasteiger partial charge is 0.446 e. The summed E-state index contributed by atoms with van der Waals surface area (Å²) in [6.07, 6.45) is 1.70. The maximum Gasteiger partial charge on any atom is 0.229 e. The van der Waals surface area contributed by atoms with Gasteiger partial charge in [0.05, 0.1) is 0 Å². The summed E-state index contributed by atoms with van der Waals surface area (Å²) in [6.45, 7) is 2.48. The third-order valence-electron chi connectivity index (χ3n) is 2.50. The van der Waals surface area contributed by atoms with Gasteiger partial charge in [-0.15, -0.1) is 0 Å². The molecule has 0 radical (unpaired) electrons. The standard InChI is InChI=1S/C10H11BrO3/c1-10(5-2-6-13-10)9(12)7-3-4-8(11)14-7/h3-4H,2,5-6H2,1H3. The second-order valence-electron chi connectivity index (χ2n) is 3.62. The topological polar surface area (TPSA) is 39.4 Å². The number of ether oxygens (including phenoxy) is 1. The van der Waals surface area contributed by atoms with Crippen LogP contribution in [0.15, 0.2) is 21.2 Å². The van der Waals surface area contributed by atoms with Crippen LogP contribution < -0.4 is 0 Å². The Bertz CT molecular complexity index is 350. The van der Waals surface area contributed by atoms with E-state index in [-0.39, 0.29) is 5.78 Å². The quantitative estimate of drug-likeness (QED) is 0.766. The number of carbonyl (C=O) groups is 1. The van der Waals surface area contributed by atoms with Crippen molar-refractivity contribution < 1.29 is 13.9 Å². The lowest BCUT2D eigenvalue weighted by Crippen LogP contribution is -2.33. The first-order chi connectivity index (χ1) is 6.62. The highest BCUT2D eigenvalue weighted by atomic mass is 79.9. The molecule has 0 N–H and O–H groups in total. The molecule has 0 spiro atoms. The number of hydrogen-bond donors (Lipinski definition) is 0. The summed E-state index contributed by atoms with van der Waals surface area (Å²) >= 11 is 3.17. The van der Waals surface area contributed by atoms with Gasteiger partial charge in [-0.05, 0) is 47.8 Å². The van der Waals surface area contributed by atoms with E-state index in [0.717, 1.165) is 12.8 Å². The first kappa shape index (κ1) is 9.93. The Morgan fingerprint density at radius 1 is 1.57 bits per heavy atom. The minimum absolute atomic E-state index is 0.0688. The molecule has 0 bridgehead atoms. The molecule has 76 valence electrons. The van der Waals surface area contributed by atoms with Crippen molar-refractivity contribution in [3.8, 4) is 0 Å². The van der Waals surface area contributed by atoms with Gasteiger partial charge in [0.15, 0.2) is 10.4 Å². The van der Waals surface area contributed by atoms with Crippen molar-refractivity contribution in [2.45, 2.75) is 25.4 Å². The van der Waals surface area contributed by atoms with Crippen LogP contribution in [-0.2, 0) is 4.74 Å². The molecule has 4 heteroatoms. The van der Waals surface area contributed by atoms with E-state index in [9.17, 15) is 4.79 Å². The molecule has 0 amide bonds. The summed E-state index contributed by atoms with van der Waals surface area (Å²) in [5.74, 6) is 0.293. The van der Waals surface area contributed by atoms with E-state index >= 15 is 0 Å². The molecule has 1 aromatic rings. The molecule has 1 fully saturated rings. The molecular weight excluding hydrogens is 248 g/mol. The molecule has 14 heavy (non-hydrogen) atoms. The molecule has 2 heterocycles. The zero-order valence-electron chi connectivity index (χ0n) is 7.88. The molecule has 1 aliphatic rings. The van der Waals surface area contributed by atoms with Crippen LogP contribution >= 0.6 is 15.9 Å². The van der Waals surface area contributed by atoms with E-state index in [1.807, 2.05) is 6.92 Å². The van der Waals surface area contributed by atoms with Crippen molar-refractivity contribution in [2.24, 2.45) is 0 Å². The van der Waals surface area contributed by atoms with E-state index in [4.69, 9.17) is 9.15 Å². The van der Waals surface area contributed by atoms with Crippen LogP contribution in [0.25, 0.3) is 0 Å². The predicted molar refractivity (Wildman–Crippen MR) is 54.3 cm³/mol. The van der Waals surface area contributed by atoms with Gasteiger partial charge in [0.25, 0.3) is 0 Å². The Labute approximate surface area is 90.6 Å². The molecule has 0 saturated carbocycles. The molecule has 3 nitrogen and oxygen atoms in total. The summed E-state index contributed by atoms with van der Waals surface area (Å²) in [5.41, 5.74) is -0.683. The minimum Gasteiger partial charge on any atom is -0.446 e. The Morgan fingerprint density at radius 2 is 2.36 bits per heavy atom. The van der Waals surface area contributed by atoms with Gasteiger partial charge < -0.3 is 9.15 Å². The summed E-state index contributed by atoms with van der Waals surface area (Å²) in [6, 6.07) is 3.38. The predicted octanol–water partition coefficient (Wildman–Crippen LogP) is 2.79. The third kappa shape index (κ3) is 1.64. The fraction of sp³-hybridized carbons (Fsp3) is 0.500. The summed E-state index contributed by atoms with van der Waals surface area (Å²) in [7, 11) is 0. The van der Waals surface area contributed by atoms with E-state index in [1.165, 1.54) is 0 Å². The van der Waals surface area contributed by atoms with Crippen molar-refractivity contribution in [1.29, 1.82) is 0 Å². The highest BCUT2D eigenvalue weighted by Gasteiger charge is 2.39. The Balaban J connectivity index is 2.23. The van der Waals surface area contributed by atoms with Gasteiger partial charge in [-0.3, -0.25) is 4.79 Å². The fourth-order valence-corrected chi connectivity index (χ4v) is 1.96. The highest BCUT2D eigenvalue weighted by molar-refractivity contribution is 9.10. The Hall–Kier alpha value is -0.610. The van der Waals surface area contributed by atoms with Crippen LogP contribution in [0.5, 0.6) is 0 Å². The average Bonchev–Trinajstić information content (AvgIpc) is 2.74. The lowest BCUT2D eigenvalue weighted by atomic mass is 9.96. The zero-order valence-corrected chi connectivity index (χ0v) is 9.46. The molecule has 1 aromatic heterocycles. The molecule has 0 aliphatic carbocycles. The van der Waals surface area contributed by atoms with Crippen LogP contribution in [0.2, 0.25) is 0 Å². The normalized spacial score (nSPS) is 26.7. The number of furan rings is 1. The van der Waals surface area contributed by atoms with Crippen LogP contribution in [0, 0.1) is 0 Å². The molecule has 1 unspecified atom stereocenters. The van der Waals surface area contributed by atoms with E-state index in [1.54, 1.807) is 12.1 Å². The van der Waals surface area contributed by atoms with Crippen LogP contribution in [-0.4, -0.2) is 18.0 Å². The molecule has 2 rings (SSSR count). The molecule has 0 aromatic carbocycles. The van der Waals surface area contributed by atoms with Gasteiger partial charge in [0.2, 0.25) is 5.78 Å². The fourth-order valence-electron chi connectivity index (χ4n) is 1.66. The van der Waals surface area contributed by atoms with Crippen molar-refractivity contribution in [3.05, 3.63) is 22.6 Å². The van der Waals surface area contributed by atoms with Crippen molar-refractivity contribution in [2.75, 3.05) is 6.61 Å². The maximum atomic E-state index is 11.9. The van der Waals surface area contributed by atoms with Crippen molar-refractivity contribution in [3.63, 3.8) is 0 Å². The van der Waals surface area contributed by atoms with Crippen LogP contribution in [0.1, 0.15) is 30.3 Å². The van der Waals surface area contributed by atoms with Gasteiger partial charge in [-0.2, -0.15) is 0 Å². The molecule has 1 atom stereocenters. The average molecular weight is 259 g/mol. The van der Waals surface area contributed by atoms with Crippen molar-refractivity contribution in [1.82, 2.24) is 0 Å². The number of Topliss-reactive ketones (excluding diaryl/α,β-unsaturated/α-hetero) is 1. The van der Waals surface area contributed by atoms with Gasteiger partial charge in [0, 0.05) is 6.61 Å². The second-order valence-corrected chi connectivity index (χ2v) is 4.40. The highest BCUT2D eigenvalue weighted by Crippen LogP contribution is 2.30. The number of halogens is 1. The zero-order chi connectivity index (χ0) is 10.2. The van der Waals surface area contributed by atoms with Gasteiger partial charge in [-0.1, -0.05) is 0 Å². The number of ketones is 1. The van der Waals surface area contributed by atoms with Crippen molar-refractivity contribution >= 4 is 21.7 Å². The number of rotatable bonds is 2. The molecule has 1 saturated heterocycles. The van der Waals surface area contributed by atoms with E-state index < -0.39 is 5.60 Å². The number of hydrogen-bond acceptors (Lipinski definition) is 3. The summed E-state index contributed by atoms with van der Waals surface area (Å²) < 4.78 is 11.2. The SMILES string of the molecule is CC1(C(=O)c2ccc(Br)o2)CCCO1. The summed E-state index contributed by atoms with van der Waals surface area (Å²) in [4.78, 5) is 11.9. The first-order valence-corrected chi connectivity index (χ1v) is 5.35. The Morgan fingerprint density at radius 3 is 2.86 bits per heavy atom. The smallest absolute Gasteiger partial charge is 0.229 e. The monoisotopic (exact) mass is 258 g/mol.